The number of nitro benzene ring substituents is 1. The summed E-state index contributed by atoms with van der Waals surface area (Å²) in [5, 5.41) is 13.8. The van der Waals surface area contributed by atoms with E-state index in [4.69, 9.17) is 9.47 Å². The summed E-state index contributed by atoms with van der Waals surface area (Å²) in [5.41, 5.74) is 1.02. The molecule has 1 amide bonds. The highest BCUT2D eigenvalue weighted by Gasteiger charge is 2.20. The molecule has 11 heteroatoms. The molecule has 0 radical (unpaired) electrons. The molecule has 0 spiro atoms. The van der Waals surface area contributed by atoms with Crippen molar-refractivity contribution in [3.05, 3.63) is 88.0 Å². The van der Waals surface area contributed by atoms with Gasteiger partial charge >= 0.3 is 0 Å². The lowest BCUT2D eigenvalue weighted by Gasteiger charge is -2.12. The third kappa shape index (κ3) is 6.93. The van der Waals surface area contributed by atoms with Gasteiger partial charge in [-0.15, -0.1) is 0 Å². The smallest absolute Gasteiger partial charge is 0.271 e. The van der Waals surface area contributed by atoms with Crippen molar-refractivity contribution in [2.75, 3.05) is 25.0 Å². The summed E-state index contributed by atoms with van der Waals surface area (Å²) in [6, 6.07) is 16.6. The number of amides is 1. The molecule has 0 heterocycles. The summed E-state index contributed by atoms with van der Waals surface area (Å²) >= 11 is 0. The zero-order valence-corrected chi connectivity index (χ0v) is 20.0. The number of rotatable bonds is 11. The number of carbonyl (C=O) groups is 1. The van der Waals surface area contributed by atoms with Crippen LogP contribution in [0.1, 0.15) is 22.3 Å². The van der Waals surface area contributed by atoms with Crippen LogP contribution in [-0.2, 0) is 10.0 Å². The van der Waals surface area contributed by atoms with Crippen LogP contribution in [-0.4, -0.2) is 39.5 Å². The second-order valence-corrected chi connectivity index (χ2v) is 9.23. The quantitative estimate of drug-likeness (QED) is 0.232. The molecule has 0 fully saturated rings. The van der Waals surface area contributed by atoms with Crippen LogP contribution in [0.3, 0.4) is 0 Å². The summed E-state index contributed by atoms with van der Waals surface area (Å²) in [6.45, 7) is 2.80. The average molecular weight is 500 g/mol. The van der Waals surface area contributed by atoms with Crippen molar-refractivity contribution in [2.24, 2.45) is 0 Å². The molecular formula is C24H25N3O7S. The average Bonchev–Trinajstić information content (AvgIpc) is 2.83. The standard InChI is InChI=1S/C24H25N3O7S/c1-17-5-3-6-20(15-17)34-14-4-13-25-24(28)18-7-10-21(11-8-18)35(31,32)26-22-16-19(27(29)30)9-12-23(22)33-2/h3,5-12,15-16,26H,4,13-14H2,1-2H3,(H,25,28). The maximum atomic E-state index is 12.8. The number of benzene rings is 3. The van der Waals surface area contributed by atoms with E-state index in [0.717, 1.165) is 17.4 Å². The molecule has 0 aliphatic heterocycles. The third-order valence-electron chi connectivity index (χ3n) is 4.93. The van der Waals surface area contributed by atoms with Gasteiger partial charge in [0.2, 0.25) is 0 Å². The molecule has 0 atom stereocenters. The van der Waals surface area contributed by atoms with Gasteiger partial charge in [-0.3, -0.25) is 19.6 Å². The highest BCUT2D eigenvalue weighted by molar-refractivity contribution is 7.92. The van der Waals surface area contributed by atoms with Gasteiger partial charge in [-0.25, -0.2) is 8.42 Å². The Labute approximate surface area is 203 Å². The first kappa shape index (κ1) is 25.5. The Morgan fingerprint density at radius 1 is 1.06 bits per heavy atom. The molecule has 0 saturated heterocycles. The van der Waals surface area contributed by atoms with Gasteiger partial charge in [-0.2, -0.15) is 0 Å². The van der Waals surface area contributed by atoms with Gasteiger partial charge < -0.3 is 14.8 Å². The first-order valence-electron chi connectivity index (χ1n) is 10.6. The van der Waals surface area contributed by atoms with Crippen LogP contribution in [0.15, 0.2) is 71.6 Å². The molecule has 0 bridgehead atoms. The Morgan fingerprint density at radius 2 is 1.80 bits per heavy atom. The zero-order chi connectivity index (χ0) is 25.4. The molecule has 0 saturated carbocycles. The van der Waals surface area contributed by atoms with E-state index in [1.54, 1.807) is 0 Å². The number of nitrogens with zero attached hydrogens (tertiary/aromatic N) is 1. The van der Waals surface area contributed by atoms with Crippen LogP contribution < -0.4 is 19.5 Å². The second-order valence-electron chi connectivity index (χ2n) is 7.55. The number of nitro groups is 1. The van der Waals surface area contributed by atoms with E-state index in [1.807, 2.05) is 31.2 Å². The highest BCUT2D eigenvalue weighted by atomic mass is 32.2. The normalized spacial score (nSPS) is 10.9. The first-order chi connectivity index (χ1) is 16.7. The Hall–Kier alpha value is -4.12. The second kappa shape index (κ2) is 11.3. The summed E-state index contributed by atoms with van der Waals surface area (Å²) in [7, 11) is -2.76. The summed E-state index contributed by atoms with van der Waals surface area (Å²) in [5.74, 6) is 0.545. The summed E-state index contributed by atoms with van der Waals surface area (Å²) in [4.78, 5) is 22.6. The van der Waals surface area contributed by atoms with Crippen molar-refractivity contribution in [1.82, 2.24) is 5.32 Å². The van der Waals surface area contributed by atoms with Gasteiger partial charge in [0.25, 0.3) is 21.6 Å². The lowest BCUT2D eigenvalue weighted by atomic mass is 10.2. The molecule has 2 N–H and O–H groups in total. The minimum atomic E-state index is -4.09. The number of methoxy groups -OCH3 is 1. The van der Waals surface area contributed by atoms with Gasteiger partial charge in [0.1, 0.15) is 11.5 Å². The molecule has 0 aliphatic carbocycles. The number of hydrogen-bond donors (Lipinski definition) is 2. The van der Waals surface area contributed by atoms with Crippen LogP contribution in [0.5, 0.6) is 11.5 Å². The van der Waals surface area contributed by atoms with Crippen molar-refractivity contribution >= 4 is 27.3 Å². The van der Waals surface area contributed by atoms with Gasteiger partial charge in [0, 0.05) is 24.2 Å². The van der Waals surface area contributed by atoms with Gasteiger partial charge in [0.05, 0.1) is 29.2 Å². The highest BCUT2D eigenvalue weighted by Crippen LogP contribution is 2.30. The predicted octanol–water partition coefficient (Wildman–Crippen LogP) is 3.91. The Kier molecular flexibility index (Phi) is 8.26. The molecule has 184 valence electrons. The number of aryl methyl sites for hydroxylation is 1. The molecule has 3 aromatic carbocycles. The van der Waals surface area contributed by atoms with E-state index in [9.17, 15) is 23.3 Å². The number of carbonyl (C=O) groups excluding carboxylic acids is 1. The van der Waals surface area contributed by atoms with E-state index < -0.39 is 14.9 Å². The Morgan fingerprint density at radius 3 is 2.46 bits per heavy atom. The maximum absolute atomic E-state index is 12.8. The number of nitrogens with one attached hydrogen (secondary N) is 2. The van der Waals surface area contributed by atoms with Crippen molar-refractivity contribution in [2.45, 2.75) is 18.2 Å². The van der Waals surface area contributed by atoms with Crippen LogP contribution in [0.4, 0.5) is 11.4 Å². The van der Waals surface area contributed by atoms with E-state index in [0.29, 0.717) is 19.6 Å². The van der Waals surface area contributed by atoms with E-state index in [1.165, 1.54) is 43.5 Å². The molecule has 3 aromatic rings. The van der Waals surface area contributed by atoms with Gasteiger partial charge in [0.15, 0.2) is 0 Å². The largest absolute Gasteiger partial charge is 0.495 e. The number of hydrogen-bond acceptors (Lipinski definition) is 7. The molecule has 3 rings (SSSR count). The maximum Gasteiger partial charge on any atom is 0.271 e. The number of non-ortho nitro benzene ring substituents is 1. The lowest BCUT2D eigenvalue weighted by Crippen LogP contribution is -2.25. The summed E-state index contributed by atoms with van der Waals surface area (Å²) < 4.78 is 38.5. The summed E-state index contributed by atoms with van der Waals surface area (Å²) in [6.07, 6.45) is 0.598. The number of ether oxygens (including phenoxy) is 2. The molecular weight excluding hydrogens is 474 g/mol. The van der Waals surface area contributed by atoms with Crippen molar-refractivity contribution in [3.63, 3.8) is 0 Å². The molecule has 0 unspecified atom stereocenters. The SMILES string of the molecule is COc1ccc([N+](=O)[O-])cc1NS(=O)(=O)c1ccc(C(=O)NCCCOc2cccc(C)c2)cc1. The van der Waals surface area contributed by atoms with Crippen LogP contribution in [0.2, 0.25) is 0 Å². The fraction of sp³-hybridized carbons (Fsp3) is 0.208. The van der Waals surface area contributed by atoms with Gasteiger partial charge in [-0.05, 0) is 61.4 Å². The number of sulfonamides is 1. The minimum Gasteiger partial charge on any atom is -0.495 e. The fourth-order valence-electron chi connectivity index (χ4n) is 3.15. The van der Waals surface area contributed by atoms with E-state index in [-0.39, 0.29) is 33.5 Å². The first-order valence-corrected chi connectivity index (χ1v) is 12.1. The minimum absolute atomic E-state index is 0.0728. The molecule has 0 aromatic heterocycles. The van der Waals surface area contributed by atoms with Crippen LogP contribution >= 0.6 is 0 Å². The van der Waals surface area contributed by atoms with Crippen molar-refractivity contribution < 1.29 is 27.6 Å². The van der Waals surface area contributed by atoms with Gasteiger partial charge in [-0.1, -0.05) is 12.1 Å². The number of anilines is 1. The molecule has 10 nitrogen and oxygen atoms in total. The Balaban J connectivity index is 1.57. The molecule has 0 aliphatic rings. The van der Waals surface area contributed by atoms with Crippen LogP contribution in [0.25, 0.3) is 0 Å². The van der Waals surface area contributed by atoms with E-state index >= 15 is 0 Å². The molecule has 35 heavy (non-hydrogen) atoms. The monoisotopic (exact) mass is 499 g/mol. The fourth-order valence-corrected chi connectivity index (χ4v) is 4.21. The Bertz CT molecular complexity index is 1310. The van der Waals surface area contributed by atoms with E-state index in [2.05, 4.69) is 10.0 Å². The third-order valence-corrected chi connectivity index (χ3v) is 6.31. The van der Waals surface area contributed by atoms with Crippen LogP contribution in [0, 0.1) is 17.0 Å². The lowest BCUT2D eigenvalue weighted by molar-refractivity contribution is -0.384. The zero-order valence-electron chi connectivity index (χ0n) is 19.2. The van der Waals surface area contributed by atoms with Crippen molar-refractivity contribution in [3.8, 4) is 11.5 Å². The van der Waals surface area contributed by atoms with Crippen molar-refractivity contribution in [1.29, 1.82) is 0 Å². The topological polar surface area (TPSA) is 137 Å². The predicted molar refractivity (Wildman–Crippen MR) is 131 cm³/mol.